The molecule has 2 aromatic heterocycles. The fraction of sp³-hybridized carbons (Fsp3) is 0.513. The van der Waals surface area contributed by atoms with Gasteiger partial charge in [-0.1, -0.05) is 121 Å². The van der Waals surface area contributed by atoms with E-state index in [0.29, 0.717) is 47.6 Å². The number of allylic oxidation sites excluding steroid dienone is 4. The van der Waals surface area contributed by atoms with Crippen molar-refractivity contribution in [2.75, 3.05) is 13.1 Å². The summed E-state index contributed by atoms with van der Waals surface area (Å²) >= 11 is 2.85. The molecule has 6 aromatic rings. The number of aryl methyl sites for hydroxylation is 2. The average molecular weight is 1420 g/mol. The van der Waals surface area contributed by atoms with Crippen LogP contribution in [-0.2, 0) is 47.8 Å². The molecule has 12 rings (SSSR count). The number of Topliss-reactive ketones (excluding diaryl/α,β-unsaturated/α-hetero) is 2. The topological polar surface area (TPSA) is 282 Å². The number of aliphatic carboxylic acids is 1. The molecule has 4 fully saturated rings. The minimum atomic E-state index is -1.14. The number of thiazole rings is 2. The number of hydrogen-bond donors (Lipinski definition) is 3. The minimum Gasteiger partial charge on any atom is -0.481 e. The highest BCUT2D eigenvalue weighted by Gasteiger charge is 2.62. The third kappa shape index (κ3) is 20.2. The fourth-order valence-electron chi connectivity index (χ4n) is 14.0. The molecule has 2 aliphatic carbocycles. The maximum atomic E-state index is 14.4. The Bertz CT molecular complexity index is 3990. The lowest BCUT2D eigenvalue weighted by molar-refractivity contribution is -0.159. The highest BCUT2D eigenvalue weighted by atomic mass is 32.1. The number of carbonyl (C=O) groups excluding carboxylic acids is 7. The van der Waals surface area contributed by atoms with Gasteiger partial charge in [-0.25, -0.2) is 9.97 Å². The number of ether oxygens (including phenoxy) is 4. The first-order valence-electron chi connectivity index (χ1n) is 35.4. The van der Waals surface area contributed by atoms with E-state index < -0.39 is 76.1 Å². The van der Waals surface area contributed by atoms with E-state index in [-0.39, 0.29) is 92.7 Å². The van der Waals surface area contributed by atoms with Gasteiger partial charge in [0, 0.05) is 37.5 Å². The van der Waals surface area contributed by atoms with Crippen LogP contribution in [0.5, 0.6) is 21.9 Å². The van der Waals surface area contributed by atoms with Crippen LogP contribution in [0.2, 0.25) is 0 Å². The number of benzene rings is 4. The van der Waals surface area contributed by atoms with Crippen LogP contribution in [0.4, 0.5) is 0 Å². The second-order valence-electron chi connectivity index (χ2n) is 29.8. The number of nitrogens with one attached hydrogen (secondary N) is 1. The molecule has 0 radical (unpaired) electrons. The number of nitrogens with zero attached hydrogens (tertiary/aromatic N) is 4. The first-order chi connectivity index (χ1) is 48.2. The van der Waals surface area contributed by atoms with Crippen LogP contribution in [0.1, 0.15) is 168 Å². The third-order valence-corrected chi connectivity index (χ3v) is 21.2. The number of esters is 2. The summed E-state index contributed by atoms with van der Waals surface area (Å²) in [6, 6.07) is 28.5. The zero-order chi connectivity index (χ0) is 72.2. The monoisotopic (exact) mass is 1420 g/mol. The lowest BCUT2D eigenvalue weighted by atomic mass is 9.90. The standard InChI is InChI=1S/C39H47N3O7S.C33H42N2O7S.C6H7NO/c1-25-17-18-30-33(19-25)50-37(40-30)47-29-21-31-32(43)23-39(36(46)41-49-28-15-11-8-12-16-28)22-27(39)14-10-7-5-6-9-13-26(35(45)42(31)24-29)20-34(44)48-38(2,3)4;1-20-12-13-24-27(14-20)43-31(34-24)41-23-16-25-26(36)18-33(30(39)40)17-22(33)11-9-7-5-6-8-10-21(29(38)35(25)19-23)15-28(37)42-32(2,3)4;7-8-6-4-2-1-3-5-6/h8,10-12,14-19,26-27,29,31H,5-7,9,13,20-24H2,1-4H3,(H,41,46);9,11-14,21-23,25H,5-8,10,15-19H2,1-4H3,(H,39,40);1-5H,7H2/b14-10-;11-9-;/t26-,27-,29-,31+,39-;21-,22-,23-,25+,33-;/m11./s1. The molecular weight excluding hydrogens is 1330 g/mol. The van der Waals surface area contributed by atoms with Gasteiger partial charge >= 0.3 is 17.9 Å². The summed E-state index contributed by atoms with van der Waals surface area (Å²) in [6.07, 6.45) is 16.0. The Morgan fingerprint density at radius 1 is 0.594 bits per heavy atom. The van der Waals surface area contributed by atoms with E-state index in [2.05, 4.69) is 38.5 Å². The van der Waals surface area contributed by atoms with Crippen molar-refractivity contribution in [3.05, 3.63) is 132 Å². The molecule has 3 amide bonds. The Kier molecular flexibility index (Phi) is 24.6. The molecule has 0 bridgehead atoms. The summed E-state index contributed by atoms with van der Waals surface area (Å²) in [4.78, 5) is 131. The van der Waals surface area contributed by atoms with E-state index in [1.165, 1.54) is 22.7 Å². The molecule has 0 spiro atoms. The summed E-state index contributed by atoms with van der Waals surface area (Å²) in [5, 5.41) is 11.1. The number of aromatic nitrogens is 2. The van der Waals surface area contributed by atoms with Crippen molar-refractivity contribution in [3.8, 4) is 21.9 Å². The zero-order valence-corrected chi connectivity index (χ0v) is 60.8. The van der Waals surface area contributed by atoms with Crippen LogP contribution in [0.25, 0.3) is 20.4 Å². The van der Waals surface area contributed by atoms with Gasteiger partial charge in [0.1, 0.15) is 29.2 Å². The second kappa shape index (κ2) is 33.1. The second-order valence-corrected chi connectivity index (χ2v) is 31.8. The molecule has 101 heavy (non-hydrogen) atoms. The molecule has 6 heterocycles. The number of para-hydroxylation sites is 2. The smallest absolute Gasteiger partial charge is 0.310 e. The maximum Gasteiger partial charge on any atom is 0.310 e. The molecule has 540 valence electrons. The number of hydroxylamine groups is 1. The summed E-state index contributed by atoms with van der Waals surface area (Å²) < 4.78 is 25.8. The average Bonchev–Trinajstić information content (AvgIpc) is 1.63. The molecule has 23 heteroatoms. The van der Waals surface area contributed by atoms with Gasteiger partial charge in [-0.3, -0.25) is 38.4 Å². The molecule has 4 N–H and O–H groups in total. The lowest BCUT2D eigenvalue weighted by Gasteiger charge is -2.29. The summed E-state index contributed by atoms with van der Waals surface area (Å²) in [5.41, 5.74) is 2.98. The number of nitrogens with two attached hydrogens (primary N) is 1. The Hall–Kier alpha value is -8.54. The third-order valence-electron chi connectivity index (χ3n) is 19.4. The SMILES string of the molecule is Cc1ccc2nc(O[C@@H]3C[C@H]4C(=O)C[C@]5(C(=O)NOc6ccccc6)C[C@H]5/C=C\CCCCC[C@H](CC(=O)OC(C)(C)C)C(=O)N4C3)sc2c1.Cc1ccc2nc(O[C@@H]3C[C@H]4C(=O)C[C@]5(C(=O)O)C[C@H]5/C=C\CCCCC[C@H](CC(=O)OC(C)(C)C)C(=O)N4C3)sc2c1.NOc1ccccc1. The van der Waals surface area contributed by atoms with Crippen molar-refractivity contribution in [2.24, 2.45) is 40.4 Å². The Morgan fingerprint density at radius 2 is 1.03 bits per heavy atom. The number of carboxylic acid groups (broad SMARTS) is 1. The van der Waals surface area contributed by atoms with Crippen LogP contribution in [0, 0.1) is 48.3 Å². The summed E-state index contributed by atoms with van der Waals surface area (Å²) in [5.74, 6) is 1.19. The normalized spacial score (nSPS) is 26.3. The highest BCUT2D eigenvalue weighted by Crippen LogP contribution is 2.58. The van der Waals surface area contributed by atoms with Crippen molar-refractivity contribution >= 4 is 90.3 Å². The molecule has 4 aromatic carbocycles. The predicted octanol–water partition coefficient (Wildman–Crippen LogP) is 13.7. The first-order valence-corrected chi connectivity index (χ1v) is 37.0. The number of fused-ring (bicyclic) bond motifs is 6. The number of rotatable bonds is 13. The van der Waals surface area contributed by atoms with Gasteiger partial charge in [0.05, 0.1) is 69.3 Å². The highest BCUT2D eigenvalue weighted by molar-refractivity contribution is 7.20. The Morgan fingerprint density at radius 3 is 1.47 bits per heavy atom. The van der Waals surface area contributed by atoms with E-state index >= 15 is 0 Å². The molecule has 21 nitrogen and oxygen atoms in total. The fourth-order valence-corrected chi connectivity index (χ4v) is 16.0. The van der Waals surface area contributed by atoms with Gasteiger partial charge in [0.25, 0.3) is 16.3 Å². The van der Waals surface area contributed by atoms with Crippen LogP contribution in [0.15, 0.2) is 121 Å². The zero-order valence-electron chi connectivity index (χ0n) is 59.2. The van der Waals surface area contributed by atoms with Crippen molar-refractivity contribution in [2.45, 2.75) is 206 Å². The van der Waals surface area contributed by atoms with Crippen molar-refractivity contribution < 1.29 is 72.1 Å². The predicted molar refractivity (Wildman–Crippen MR) is 385 cm³/mol. The molecule has 2 saturated carbocycles. The number of ketones is 2. The van der Waals surface area contributed by atoms with Crippen LogP contribution < -0.4 is 30.5 Å². The van der Waals surface area contributed by atoms with Gasteiger partial charge in [-0.05, 0) is 178 Å². The molecule has 2 saturated heterocycles. The molecule has 10 atom stereocenters. The van der Waals surface area contributed by atoms with E-state index in [4.69, 9.17) is 29.7 Å². The van der Waals surface area contributed by atoms with Crippen LogP contribution >= 0.6 is 22.7 Å². The van der Waals surface area contributed by atoms with Gasteiger partial charge in [0.15, 0.2) is 17.3 Å². The van der Waals surface area contributed by atoms with Gasteiger partial charge in [-0.15, -0.1) is 0 Å². The van der Waals surface area contributed by atoms with Crippen molar-refractivity contribution in [3.63, 3.8) is 0 Å². The van der Waals surface area contributed by atoms with Crippen LogP contribution in [0.3, 0.4) is 0 Å². The van der Waals surface area contributed by atoms with E-state index in [9.17, 15) is 43.5 Å². The number of carbonyl (C=O) groups is 8. The Balaban J connectivity index is 0.000000197. The van der Waals surface area contributed by atoms with Crippen molar-refractivity contribution in [1.29, 1.82) is 0 Å². The Labute approximate surface area is 598 Å². The van der Waals surface area contributed by atoms with Gasteiger partial charge < -0.3 is 43.5 Å². The molecule has 0 unspecified atom stereocenters. The van der Waals surface area contributed by atoms with E-state index in [0.717, 1.165) is 82.9 Å². The van der Waals surface area contributed by atoms with E-state index in [1.54, 1.807) is 75.6 Å². The largest absolute Gasteiger partial charge is 0.481 e. The van der Waals surface area contributed by atoms with Crippen molar-refractivity contribution in [1.82, 2.24) is 25.2 Å². The quantitative estimate of drug-likeness (QED) is 0.0550. The number of amides is 3. The van der Waals surface area contributed by atoms with Crippen LogP contribution in [-0.4, -0.2) is 121 Å². The summed E-state index contributed by atoms with van der Waals surface area (Å²) in [6.45, 7) is 15.2. The minimum absolute atomic E-state index is 0.0513. The first kappa shape index (κ1) is 75.1. The van der Waals surface area contributed by atoms with E-state index in [1.807, 2.05) is 92.7 Å². The van der Waals surface area contributed by atoms with Gasteiger partial charge in [0.2, 0.25) is 11.8 Å². The number of hydrogen-bond acceptors (Lipinski definition) is 19. The lowest BCUT2D eigenvalue weighted by Crippen LogP contribution is -2.46. The molecule has 6 aliphatic rings. The number of carboxylic acids is 1. The maximum absolute atomic E-state index is 14.4. The van der Waals surface area contributed by atoms with Gasteiger partial charge in [-0.2, -0.15) is 11.4 Å². The molecular formula is C78H96N6O15S2. The summed E-state index contributed by atoms with van der Waals surface area (Å²) in [7, 11) is 0. The molecule has 4 aliphatic heterocycles.